The Balaban J connectivity index is 2.66. The Morgan fingerprint density at radius 3 is 2.52 bits per heavy atom. The summed E-state index contributed by atoms with van der Waals surface area (Å²) in [7, 11) is -3.65. The maximum atomic E-state index is 12.2. The number of nitrogens with zero attached hydrogens (tertiary/aromatic N) is 2. The van der Waals surface area contributed by atoms with Gasteiger partial charge >= 0.3 is 6.18 Å². The molecule has 0 radical (unpaired) electrons. The Labute approximate surface area is 123 Å². The predicted molar refractivity (Wildman–Crippen MR) is 71.8 cm³/mol. The van der Waals surface area contributed by atoms with Gasteiger partial charge in [0.2, 0.25) is 10.0 Å². The van der Waals surface area contributed by atoms with E-state index in [2.05, 4.69) is 5.32 Å². The predicted octanol–water partition coefficient (Wildman–Crippen LogP) is 1.48. The second kappa shape index (κ2) is 6.50. The van der Waals surface area contributed by atoms with Gasteiger partial charge in [0.15, 0.2) is 0 Å². The Kier molecular flexibility index (Phi) is 5.63. The van der Waals surface area contributed by atoms with Crippen molar-refractivity contribution in [3.05, 3.63) is 0 Å². The molecule has 21 heavy (non-hydrogen) atoms. The van der Waals surface area contributed by atoms with Gasteiger partial charge in [0.05, 0.1) is 23.8 Å². The summed E-state index contributed by atoms with van der Waals surface area (Å²) in [5, 5.41) is 11.3. The van der Waals surface area contributed by atoms with Gasteiger partial charge in [-0.25, -0.2) is 12.7 Å². The van der Waals surface area contributed by atoms with E-state index >= 15 is 0 Å². The monoisotopic (exact) mass is 327 g/mol. The fourth-order valence-electron chi connectivity index (χ4n) is 2.20. The zero-order valence-corrected chi connectivity index (χ0v) is 12.9. The van der Waals surface area contributed by atoms with Gasteiger partial charge in [0.25, 0.3) is 0 Å². The molecule has 0 saturated carbocycles. The lowest BCUT2D eigenvalue weighted by Crippen LogP contribution is -2.51. The second-order valence-electron chi connectivity index (χ2n) is 5.95. The molecule has 0 aromatic heterocycles. The highest BCUT2D eigenvalue weighted by atomic mass is 32.2. The van der Waals surface area contributed by atoms with Crippen molar-refractivity contribution in [1.82, 2.24) is 9.62 Å². The van der Waals surface area contributed by atoms with Crippen molar-refractivity contribution < 1.29 is 21.6 Å². The number of nitrogens with one attached hydrogen (secondary N) is 1. The molecule has 1 heterocycles. The third kappa shape index (κ3) is 6.20. The summed E-state index contributed by atoms with van der Waals surface area (Å²) in [4.78, 5) is 0. The van der Waals surface area contributed by atoms with Crippen LogP contribution in [0.4, 0.5) is 13.2 Å². The highest BCUT2D eigenvalue weighted by molar-refractivity contribution is 7.89. The van der Waals surface area contributed by atoms with E-state index in [4.69, 9.17) is 5.26 Å². The van der Waals surface area contributed by atoms with Gasteiger partial charge in [-0.05, 0) is 26.7 Å². The average molecular weight is 327 g/mol. The number of alkyl halides is 3. The Hall–Kier alpha value is -0.850. The molecule has 0 aromatic rings. The van der Waals surface area contributed by atoms with Gasteiger partial charge in [-0.15, -0.1) is 0 Å². The highest BCUT2D eigenvalue weighted by Crippen LogP contribution is 2.22. The van der Waals surface area contributed by atoms with Crippen molar-refractivity contribution in [2.45, 2.75) is 38.9 Å². The number of hydrogen-bond acceptors (Lipinski definition) is 4. The minimum absolute atomic E-state index is 0.0138. The van der Waals surface area contributed by atoms with Crippen LogP contribution in [0.2, 0.25) is 0 Å². The zero-order chi connectivity index (χ0) is 16.3. The third-order valence-corrected chi connectivity index (χ3v) is 5.42. The van der Waals surface area contributed by atoms with Crippen molar-refractivity contribution in [2.24, 2.45) is 5.41 Å². The summed E-state index contributed by atoms with van der Waals surface area (Å²) in [5.74, 6) is -0.331. The van der Waals surface area contributed by atoms with Crippen LogP contribution < -0.4 is 5.32 Å². The van der Waals surface area contributed by atoms with Crippen LogP contribution >= 0.6 is 0 Å². The van der Waals surface area contributed by atoms with Crippen LogP contribution in [0.15, 0.2) is 0 Å². The molecule has 1 aliphatic rings. The molecule has 1 saturated heterocycles. The molecule has 1 aliphatic heterocycles. The van der Waals surface area contributed by atoms with E-state index in [1.54, 1.807) is 0 Å². The van der Waals surface area contributed by atoms with Gasteiger partial charge in [-0.1, -0.05) is 0 Å². The number of hydrogen-bond donors (Lipinski definition) is 1. The normalized spacial score (nSPS) is 22.0. The lowest BCUT2D eigenvalue weighted by Gasteiger charge is -2.33. The number of nitriles is 1. The van der Waals surface area contributed by atoms with Crippen LogP contribution in [0.3, 0.4) is 0 Å². The van der Waals surface area contributed by atoms with Crippen molar-refractivity contribution in [2.75, 3.05) is 25.4 Å². The summed E-state index contributed by atoms with van der Waals surface area (Å²) >= 11 is 0. The highest BCUT2D eigenvalue weighted by Gasteiger charge is 2.35. The van der Waals surface area contributed by atoms with Crippen LogP contribution in [-0.4, -0.2) is 50.3 Å². The van der Waals surface area contributed by atoms with Crippen LogP contribution in [-0.2, 0) is 10.0 Å². The van der Waals surface area contributed by atoms with Crippen LogP contribution in [0, 0.1) is 16.7 Å². The molecule has 0 bridgehead atoms. The molecular formula is C12H20F3N3O2S. The molecular weight excluding hydrogens is 307 g/mol. The summed E-state index contributed by atoms with van der Waals surface area (Å²) < 4.78 is 62.2. The molecule has 5 nitrogen and oxygen atoms in total. The first-order valence-electron chi connectivity index (χ1n) is 6.64. The van der Waals surface area contributed by atoms with E-state index in [1.807, 2.05) is 6.07 Å². The van der Waals surface area contributed by atoms with Crippen LogP contribution in [0.1, 0.15) is 26.7 Å². The lowest BCUT2D eigenvalue weighted by atomic mass is 10.00. The van der Waals surface area contributed by atoms with E-state index in [0.29, 0.717) is 12.8 Å². The summed E-state index contributed by atoms with van der Waals surface area (Å²) in [5.41, 5.74) is -1.02. The van der Waals surface area contributed by atoms with Gasteiger partial charge in [-0.3, -0.25) is 0 Å². The fraction of sp³-hybridized carbons (Fsp3) is 0.917. The number of piperidine rings is 1. The molecule has 0 amide bonds. The maximum Gasteiger partial charge on any atom is 0.401 e. The first kappa shape index (κ1) is 18.2. The molecule has 1 atom stereocenters. The molecule has 9 heteroatoms. The SMILES string of the molecule is CC(C)(C#N)CS(=O)(=O)N1CCCC(NCC(F)(F)F)C1. The molecule has 122 valence electrons. The van der Waals surface area contributed by atoms with Crippen LogP contribution in [0.25, 0.3) is 0 Å². The van der Waals surface area contributed by atoms with E-state index in [9.17, 15) is 21.6 Å². The Morgan fingerprint density at radius 1 is 1.38 bits per heavy atom. The zero-order valence-electron chi connectivity index (χ0n) is 12.1. The van der Waals surface area contributed by atoms with Crippen molar-refractivity contribution in [1.29, 1.82) is 5.26 Å². The van der Waals surface area contributed by atoms with E-state index in [1.165, 1.54) is 18.2 Å². The number of rotatable bonds is 5. The number of halogens is 3. The van der Waals surface area contributed by atoms with Crippen molar-refractivity contribution in [3.8, 4) is 6.07 Å². The lowest BCUT2D eigenvalue weighted by molar-refractivity contribution is -0.126. The summed E-state index contributed by atoms with van der Waals surface area (Å²) in [6, 6.07) is 1.41. The molecule has 0 spiro atoms. The minimum Gasteiger partial charge on any atom is -0.305 e. The second-order valence-corrected chi connectivity index (χ2v) is 7.91. The smallest absolute Gasteiger partial charge is 0.305 e. The maximum absolute atomic E-state index is 12.2. The van der Waals surface area contributed by atoms with Gasteiger partial charge in [0.1, 0.15) is 0 Å². The van der Waals surface area contributed by atoms with Crippen molar-refractivity contribution in [3.63, 3.8) is 0 Å². The van der Waals surface area contributed by atoms with Gasteiger partial charge in [0, 0.05) is 19.1 Å². The van der Waals surface area contributed by atoms with E-state index in [0.717, 1.165) is 0 Å². The quantitative estimate of drug-likeness (QED) is 0.830. The van der Waals surface area contributed by atoms with Crippen LogP contribution in [0.5, 0.6) is 0 Å². The molecule has 1 unspecified atom stereocenters. The third-order valence-electron chi connectivity index (χ3n) is 3.21. The average Bonchev–Trinajstić information content (AvgIpc) is 2.35. The van der Waals surface area contributed by atoms with Gasteiger partial charge in [-0.2, -0.15) is 18.4 Å². The molecule has 1 fully saturated rings. The Morgan fingerprint density at radius 2 is 2.00 bits per heavy atom. The largest absolute Gasteiger partial charge is 0.401 e. The fourth-order valence-corrected chi connectivity index (χ4v) is 4.17. The van der Waals surface area contributed by atoms with Gasteiger partial charge < -0.3 is 5.32 Å². The molecule has 1 N–H and O–H groups in total. The first-order chi connectivity index (χ1) is 9.45. The molecule has 0 aliphatic carbocycles. The summed E-state index contributed by atoms with van der Waals surface area (Å²) in [6.07, 6.45) is -3.31. The standard InChI is InChI=1S/C12H20F3N3O2S/c1-11(2,7-16)9-21(19,20)18-5-3-4-10(6-18)17-8-12(13,14)15/h10,17H,3-6,8-9H2,1-2H3. The minimum atomic E-state index is -4.32. The van der Waals surface area contributed by atoms with E-state index in [-0.39, 0.29) is 18.8 Å². The topological polar surface area (TPSA) is 73.2 Å². The Bertz CT molecular complexity index is 497. The molecule has 1 rings (SSSR count). The molecule has 0 aromatic carbocycles. The first-order valence-corrected chi connectivity index (χ1v) is 8.25. The van der Waals surface area contributed by atoms with E-state index < -0.39 is 34.2 Å². The summed E-state index contributed by atoms with van der Waals surface area (Å²) in [6.45, 7) is 2.21. The number of sulfonamides is 1. The van der Waals surface area contributed by atoms with Crippen molar-refractivity contribution >= 4 is 10.0 Å².